The van der Waals surface area contributed by atoms with Crippen molar-refractivity contribution in [1.82, 2.24) is 0 Å². The molecule has 4 nitrogen and oxygen atoms in total. The average Bonchev–Trinajstić information content (AvgIpc) is 3.14. The van der Waals surface area contributed by atoms with Gasteiger partial charge in [-0.25, -0.2) is 0 Å². The molecule has 0 saturated heterocycles. The Kier molecular flexibility index (Phi) is 43.9. The van der Waals surface area contributed by atoms with E-state index in [0.29, 0.717) is 6.42 Å². The Morgan fingerprint density at radius 2 is 0.679 bits per heavy atom. The molecule has 53 heavy (non-hydrogen) atoms. The second-order valence-electron chi connectivity index (χ2n) is 16.7. The molecule has 0 heterocycles. The summed E-state index contributed by atoms with van der Waals surface area (Å²) >= 11 is 0. The number of carboxylic acids is 1. The van der Waals surface area contributed by atoms with Gasteiger partial charge in [0.25, 0.3) is 0 Å². The summed E-state index contributed by atoms with van der Waals surface area (Å²) in [4.78, 5) is 23.5. The minimum atomic E-state index is -0.696. The van der Waals surface area contributed by atoms with Gasteiger partial charge in [0, 0.05) is 12.8 Å². The first-order valence-electron chi connectivity index (χ1n) is 24.2. The van der Waals surface area contributed by atoms with Gasteiger partial charge in [-0.2, -0.15) is 0 Å². The standard InChI is InChI=1S/C49H94O4/c1-3-5-7-9-11-13-15-17-19-20-21-22-23-24-25-27-29-31-33-38-42-46-49(52)53-47(44-40-36-34-37-41-45-48(50)51)43-39-35-32-30-28-26-18-16-14-12-10-8-6-4-2/h20-21,47H,3-19,22-46H2,1-2H3,(H,50,51)/b21-20-. The highest BCUT2D eigenvalue weighted by Crippen LogP contribution is 2.20. The molecule has 0 bridgehead atoms. The number of unbranched alkanes of at least 4 members (excludes halogenated alkanes) is 34. The number of carbonyl (C=O) groups is 2. The third kappa shape index (κ3) is 45.0. The molecule has 0 aromatic rings. The van der Waals surface area contributed by atoms with Gasteiger partial charge in [0.1, 0.15) is 6.10 Å². The Labute approximate surface area is 332 Å². The van der Waals surface area contributed by atoms with Crippen LogP contribution in [-0.2, 0) is 14.3 Å². The van der Waals surface area contributed by atoms with E-state index in [9.17, 15) is 9.59 Å². The molecule has 0 aliphatic rings. The van der Waals surface area contributed by atoms with E-state index in [-0.39, 0.29) is 18.5 Å². The first-order valence-corrected chi connectivity index (χ1v) is 24.2. The molecule has 0 radical (unpaired) electrons. The van der Waals surface area contributed by atoms with Crippen LogP contribution in [0.5, 0.6) is 0 Å². The van der Waals surface area contributed by atoms with Gasteiger partial charge >= 0.3 is 11.9 Å². The summed E-state index contributed by atoms with van der Waals surface area (Å²) in [6, 6.07) is 0. The third-order valence-corrected chi connectivity index (χ3v) is 11.2. The lowest BCUT2D eigenvalue weighted by Crippen LogP contribution is -2.18. The zero-order valence-corrected chi connectivity index (χ0v) is 36.1. The molecule has 0 spiro atoms. The van der Waals surface area contributed by atoms with Gasteiger partial charge in [-0.1, -0.05) is 219 Å². The van der Waals surface area contributed by atoms with Crippen molar-refractivity contribution in [1.29, 1.82) is 0 Å². The quantitative estimate of drug-likeness (QED) is 0.0383. The van der Waals surface area contributed by atoms with Crippen molar-refractivity contribution in [2.75, 3.05) is 0 Å². The Bertz CT molecular complexity index is 762. The molecule has 0 rings (SSSR count). The van der Waals surface area contributed by atoms with Crippen LogP contribution in [-0.4, -0.2) is 23.1 Å². The largest absolute Gasteiger partial charge is 0.481 e. The molecule has 314 valence electrons. The van der Waals surface area contributed by atoms with E-state index in [4.69, 9.17) is 9.84 Å². The SMILES string of the molecule is CCCCCCCCCC/C=C\CCCCCCCCCCCC(=O)OC(CCCCCCCCCCCCCCCC)CCCCCCCC(=O)O. The van der Waals surface area contributed by atoms with Crippen molar-refractivity contribution in [3.63, 3.8) is 0 Å². The van der Waals surface area contributed by atoms with Gasteiger partial charge in [0.2, 0.25) is 0 Å². The number of carbonyl (C=O) groups excluding carboxylic acids is 1. The van der Waals surface area contributed by atoms with Gasteiger partial charge in [-0.15, -0.1) is 0 Å². The number of allylic oxidation sites excluding steroid dienone is 2. The maximum atomic E-state index is 12.8. The second kappa shape index (κ2) is 45.1. The Morgan fingerprint density at radius 1 is 0.396 bits per heavy atom. The normalized spacial score (nSPS) is 12.2. The molecule has 0 aromatic carbocycles. The highest BCUT2D eigenvalue weighted by Gasteiger charge is 2.14. The number of carboxylic acid groups (broad SMARTS) is 1. The number of aliphatic carboxylic acids is 1. The molecule has 0 aliphatic carbocycles. The second-order valence-corrected chi connectivity index (χ2v) is 16.7. The first-order chi connectivity index (χ1) is 26.1. The van der Waals surface area contributed by atoms with Gasteiger partial charge in [-0.3, -0.25) is 9.59 Å². The van der Waals surface area contributed by atoms with E-state index in [0.717, 1.165) is 64.2 Å². The van der Waals surface area contributed by atoms with E-state index >= 15 is 0 Å². The molecule has 1 N–H and O–H groups in total. The molecule has 0 fully saturated rings. The van der Waals surface area contributed by atoms with Crippen LogP contribution >= 0.6 is 0 Å². The van der Waals surface area contributed by atoms with Crippen LogP contribution in [0.3, 0.4) is 0 Å². The maximum absolute atomic E-state index is 12.8. The Morgan fingerprint density at radius 3 is 1.02 bits per heavy atom. The van der Waals surface area contributed by atoms with Crippen LogP contribution in [0.15, 0.2) is 12.2 Å². The van der Waals surface area contributed by atoms with Crippen molar-refractivity contribution >= 4 is 11.9 Å². The summed E-state index contributed by atoms with van der Waals surface area (Å²) in [7, 11) is 0. The van der Waals surface area contributed by atoms with Crippen LogP contribution < -0.4 is 0 Å². The van der Waals surface area contributed by atoms with Crippen molar-refractivity contribution in [2.24, 2.45) is 0 Å². The summed E-state index contributed by atoms with van der Waals surface area (Å²) in [6.45, 7) is 4.57. The predicted molar refractivity (Wildman–Crippen MR) is 232 cm³/mol. The van der Waals surface area contributed by atoms with Crippen LogP contribution in [0.4, 0.5) is 0 Å². The van der Waals surface area contributed by atoms with E-state index in [1.54, 1.807) is 0 Å². The Balaban J connectivity index is 3.90. The minimum Gasteiger partial charge on any atom is -0.481 e. The fourth-order valence-corrected chi connectivity index (χ4v) is 7.65. The van der Waals surface area contributed by atoms with Crippen molar-refractivity contribution < 1.29 is 19.4 Å². The summed E-state index contributed by atoms with van der Waals surface area (Å²) in [6.07, 6.45) is 56.9. The maximum Gasteiger partial charge on any atom is 0.306 e. The molecule has 0 amide bonds. The molecule has 0 aliphatic heterocycles. The average molecular weight is 747 g/mol. The van der Waals surface area contributed by atoms with E-state index in [1.165, 1.54) is 193 Å². The number of ether oxygens (including phenoxy) is 1. The molecule has 0 aromatic heterocycles. The van der Waals surface area contributed by atoms with Crippen molar-refractivity contribution in [3.05, 3.63) is 12.2 Å². The van der Waals surface area contributed by atoms with E-state index < -0.39 is 5.97 Å². The molecule has 4 heteroatoms. The molecule has 0 saturated carbocycles. The summed E-state index contributed by atoms with van der Waals surface area (Å²) in [5.74, 6) is -0.688. The van der Waals surface area contributed by atoms with Gasteiger partial charge in [0.05, 0.1) is 0 Å². The predicted octanol–water partition coefficient (Wildman–Crippen LogP) is 17.0. The van der Waals surface area contributed by atoms with Gasteiger partial charge in [0.15, 0.2) is 0 Å². The van der Waals surface area contributed by atoms with Crippen molar-refractivity contribution in [2.45, 2.75) is 290 Å². The van der Waals surface area contributed by atoms with Crippen LogP contribution in [0.1, 0.15) is 284 Å². The smallest absolute Gasteiger partial charge is 0.306 e. The zero-order valence-electron chi connectivity index (χ0n) is 36.1. The summed E-state index contributed by atoms with van der Waals surface area (Å²) < 4.78 is 6.05. The number of esters is 1. The van der Waals surface area contributed by atoms with Crippen LogP contribution in [0, 0.1) is 0 Å². The summed E-state index contributed by atoms with van der Waals surface area (Å²) in [5.41, 5.74) is 0. The number of rotatable bonds is 45. The molecule has 1 atom stereocenters. The number of hydrogen-bond donors (Lipinski definition) is 1. The van der Waals surface area contributed by atoms with Crippen LogP contribution in [0.25, 0.3) is 0 Å². The van der Waals surface area contributed by atoms with Gasteiger partial charge < -0.3 is 9.84 Å². The van der Waals surface area contributed by atoms with E-state index in [1.807, 2.05) is 0 Å². The van der Waals surface area contributed by atoms with Gasteiger partial charge in [-0.05, 0) is 64.2 Å². The molecular weight excluding hydrogens is 653 g/mol. The highest BCUT2D eigenvalue weighted by atomic mass is 16.5. The first kappa shape index (κ1) is 51.7. The summed E-state index contributed by atoms with van der Waals surface area (Å²) in [5, 5.41) is 8.86. The lowest BCUT2D eigenvalue weighted by molar-refractivity contribution is -0.150. The highest BCUT2D eigenvalue weighted by molar-refractivity contribution is 5.69. The number of hydrogen-bond acceptors (Lipinski definition) is 3. The third-order valence-electron chi connectivity index (χ3n) is 11.2. The van der Waals surface area contributed by atoms with E-state index in [2.05, 4.69) is 26.0 Å². The van der Waals surface area contributed by atoms with Crippen molar-refractivity contribution in [3.8, 4) is 0 Å². The minimum absolute atomic E-state index is 0.00803. The van der Waals surface area contributed by atoms with Crippen LogP contribution in [0.2, 0.25) is 0 Å². The topological polar surface area (TPSA) is 63.6 Å². The monoisotopic (exact) mass is 747 g/mol. The Hall–Kier alpha value is -1.32. The lowest BCUT2D eigenvalue weighted by Gasteiger charge is -2.18. The fraction of sp³-hybridized carbons (Fsp3) is 0.918. The molecular formula is C49H94O4. The zero-order chi connectivity index (χ0) is 38.6. The molecule has 1 unspecified atom stereocenters. The lowest BCUT2D eigenvalue weighted by atomic mass is 10.0. The fourth-order valence-electron chi connectivity index (χ4n) is 7.65.